The van der Waals surface area contributed by atoms with E-state index in [9.17, 15) is 4.79 Å². The van der Waals surface area contributed by atoms with Crippen LogP contribution in [0.1, 0.15) is 18.4 Å². The zero-order chi connectivity index (χ0) is 13.1. The zero-order valence-corrected chi connectivity index (χ0v) is 11.4. The highest BCUT2D eigenvalue weighted by Gasteiger charge is 2.25. The average molecular weight is 309 g/mol. The highest BCUT2D eigenvalue weighted by molar-refractivity contribution is 9.10. The summed E-state index contributed by atoms with van der Waals surface area (Å²) in [5.74, 6) is -0.969. The third kappa shape index (κ3) is 2.49. The molecule has 0 atom stereocenters. The number of nitriles is 1. The van der Waals surface area contributed by atoms with Crippen LogP contribution in [0.15, 0.2) is 22.7 Å². The summed E-state index contributed by atoms with van der Waals surface area (Å²) >= 11 is 3.37. The third-order valence-corrected chi connectivity index (χ3v) is 3.95. The van der Waals surface area contributed by atoms with Crippen LogP contribution in [0, 0.1) is 17.2 Å². The second kappa shape index (κ2) is 5.40. The Hall–Kier alpha value is -1.54. The highest BCUT2D eigenvalue weighted by atomic mass is 79.9. The lowest BCUT2D eigenvalue weighted by Gasteiger charge is -2.32. The van der Waals surface area contributed by atoms with Crippen molar-refractivity contribution in [2.24, 2.45) is 5.92 Å². The maximum Gasteiger partial charge on any atom is 0.306 e. The lowest BCUT2D eigenvalue weighted by molar-refractivity contribution is -0.142. The van der Waals surface area contributed by atoms with Crippen molar-refractivity contribution in [1.82, 2.24) is 0 Å². The van der Waals surface area contributed by atoms with E-state index in [1.807, 2.05) is 18.2 Å². The number of anilines is 1. The van der Waals surface area contributed by atoms with E-state index in [0.717, 1.165) is 10.2 Å². The normalized spacial score (nSPS) is 16.3. The molecule has 0 radical (unpaired) electrons. The van der Waals surface area contributed by atoms with Crippen LogP contribution in [0.2, 0.25) is 0 Å². The first kappa shape index (κ1) is 12.9. The van der Waals surface area contributed by atoms with E-state index in [1.165, 1.54) is 0 Å². The van der Waals surface area contributed by atoms with Crippen LogP contribution >= 0.6 is 15.9 Å². The first-order valence-electron chi connectivity index (χ1n) is 5.80. The predicted molar refractivity (Wildman–Crippen MR) is 71.4 cm³/mol. The number of carboxylic acid groups (broad SMARTS) is 1. The van der Waals surface area contributed by atoms with Gasteiger partial charge in [-0.25, -0.2) is 0 Å². The number of hydrogen-bond donors (Lipinski definition) is 1. The van der Waals surface area contributed by atoms with Crippen molar-refractivity contribution < 1.29 is 9.90 Å². The second-order valence-electron chi connectivity index (χ2n) is 4.35. The minimum Gasteiger partial charge on any atom is -0.481 e. The molecule has 0 saturated carbocycles. The Morgan fingerprint density at radius 3 is 2.67 bits per heavy atom. The molecule has 1 fully saturated rings. The number of halogens is 1. The van der Waals surface area contributed by atoms with E-state index in [4.69, 9.17) is 10.4 Å². The van der Waals surface area contributed by atoms with Gasteiger partial charge in [0.2, 0.25) is 0 Å². The predicted octanol–water partition coefficient (Wildman–Crippen LogP) is 2.62. The summed E-state index contributed by atoms with van der Waals surface area (Å²) in [7, 11) is 0. The summed E-state index contributed by atoms with van der Waals surface area (Å²) in [5.41, 5.74) is 1.50. The molecule has 0 bridgehead atoms. The Labute approximate surface area is 114 Å². The van der Waals surface area contributed by atoms with E-state index in [2.05, 4.69) is 26.9 Å². The lowest BCUT2D eigenvalue weighted by Crippen LogP contribution is -2.36. The first-order valence-corrected chi connectivity index (χ1v) is 6.59. The molecule has 1 aliphatic heterocycles. The van der Waals surface area contributed by atoms with E-state index >= 15 is 0 Å². The van der Waals surface area contributed by atoms with Crippen molar-refractivity contribution in [3.05, 3.63) is 28.2 Å². The molecule has 94 valence electrons. The molecule has 2 rings (SSSR count). The Morgan fingerprint density at radius 1 is 1.44 bits per heavy atom. The lowest BCUT2D eigenvalue weighted by atomic mass is 9.96. The van der Waals surface area contributed by atoms with E-state index in [0.29, 0.717) is 31.5 Å². The van der Waals surface area contributed by atoms with E-state index < -0.39 is 5.97 Å². The fourth-order valence-electron chi connectivity index (χ4n) is 2.25. The van der Waals surface area contributed by atoms with Gasteiger partial charge in [0.15, 0.2) is 0 Å². The van der Waals surface area contributed by atoms with Gasteiger partial charge in [-0.15, -0.1) is 0 Å². The van der Waals surface area contributed by atoms with Gasteiger partial charge in [-0.3, -0.25) is 4.79 Å². The molecule has 0 spiro atoms. The molecule has 18 heavy (non-hydrogen) atoms. The SMILES string of the molecule is N#Cc1c(Br)cccc1N1CCC(C(=O)O)CC1. The molecule has 0 amide bonds. The Balaban J connectivity index is 2.18. The standard InChI is InChI=1S/C13H13BrN2O2/c14-11-2-1-3-12(10(11)8-15)16-6-4-9(5-7-16)13(17)18/h1-3,9H,4-7H2,(H,17,18). The van der Waals surface area contributed by atoms with Crippen molar-refractivity contribution in [2.45, 2.75) is 12.8 Å². The zero-order valence-electron chi connectivity index (χ0n) is 9.77. The first-order chi connectivity index (χ1) is 8.63. The number of rotatable bonds is 2. The van der Waals surface area contributed by atoms with Gasteiger partial charge in [0.05, 0.1) is 17.2 Å². The summed E-state index contributed by atoms with van der Waals surface area (Å²) in [6.45, 7) is 1.37. The molecule has 0 aliphatic carbocycles. The third-order valence-electron chi connectivity index (χ3n) is 3.29. The van der Waals surface area contributed by atoms with Crippen LogP contribution < -0.4 is 4.90 Å². The maximum atomic E-state index is 10.9. The van der Waals surface area contributed by atoms with Crippen molar-refractivity contribution >= 4 is 27.6 Å². The van der Waals surface area contributed by atoms with Gasteiger partial charge in [-0.1, -0.05) is 6.07 Å². The number of carbonyl (C=O) groups is 1. The number of aliphatic carboxylic acids is 1. The quantitative estimate of drug-likeness (QED) is 0.912. The number of nitrogens with zero attached hydrogens (tertiary/aromatic N) is 2. The number of benzene rings is 1. The summed E-state index contributed by atoms with van der Waals surface area (Å²) < 4.78 is 0.780. The topological polar surface area (TPSA) is 64.3 Å². The van der Waals surface area contributed by atoms with Crippen LogP contribution in [0.5, 0.6) is 0 Å². The van der Waals surface area contributed by atoms with Crippen molar-refractivity contribution in [1.29, 1.82) is 5.26 Å². The van der Waals surface area contributed by atoms with Gasteiger partial charge in [0.25, 0.3) is 0 Å². The highest BCUT2D eigenvalue weighted by Crippen LogP contribution is 2.30. The maximum absolute atomic E-state index is 10.9. The Kier molecular flexibility index (Phi) is 3.87. The monoisotopic (exact) mass is 308 g/mol. The Morgan fingerprint density at radius 2 is 2.11 bits per heavy atom. The molecule has 1 saturated heterocycles. The Bertz CT molecular complexity index is 502. The molecular weight excluding hydrogens is 296 g/mol. The number of carboxylic acids is 1. The van der Waals surface area contributed by atoms with Crippen molar-refractivity contribution in [2.75, 3.05) is 18.0 Å². The van der Waals surface area contributed by atoms with Gasteiger partial charge in [0, 0.05) is 17.6 Å². The average Bonchev–Trinajstić information content (AvgIpc) is 2.38. The molecule has 1 aliphatic rings. The summed E-state index contributed by atoms with van der Waals surface area (Å²) in [6.07, 6.45) is 1.26. The molecular formula is C13H13BrN2O2. The van der Waals surface area contributed by atoms with E-state index in [-0.39, 0.29) is 5.92 Å². The van der Waals surface area contributed by atoms with Gasteiger partial charge >= 0.3 is 5.97 Å². The smallest absolute Gasteiger partial charge is 0.306 e. The second-order valence-corrected chi connectivity index (χ2v) is 5.20. The van der Waals surface area contributed by atoms with Crippen molar-refractivity contribution in [3.8, 4) is 6.07 Å². The van der Waals surface area contributed by atoms with Gasteiger partial charge < -0.3 is 10.0 Å². The summed E-state index contributed by atoms with van der Waals surface area (Å²) in [5, 5.41) is 18.1. The number of piperidine rings is 1. The summed E-state index contributed by atoms with van der Waals surface area (Å²) in [4.78, 5) is 13.0. The minimum absolute atomic E-state index is 0.251. The van der Waals surface area contributed by atoms with Crippen LogP contribution in [0.4, 0.5) is 5.69 Å². The molecule has 5 heteroatoms. The fourth-order valence-corrected chi connectivity index (χ4v) is 2.70. The fraction of sp³-hybridized carbons (Fsp3) is 0.385. The molecule has 0 unspecified atom stereocenters. The van der Waals surface area contributed by atoms with Gasteiger partial charge in [-0.05, 0) is 40.9 Å². The molecule has 1 aromatic carbocycles. The van der Waals surface area contributed by atoms with Crippen molar-refractivity contribution in [3.63, 3.8) is 0 Å². The molecule has 4 nitrogen and oxygen atoms in total. The van der Waals surface area contributed by atoms with Crippen LogP contribution in [0.25, 0.3) is 0 Å². The summed E-state index contributed by atoms with van der Waals surface area (Å²) in [6, 6.07) is 7.83. The molecule has 1 aromatic rings. The molecule has 1 N–H and O–H groups in total. The molecule has 1 heterocycles. The number of hydrogen-bond acceptors (Lipinski definition) is 3. The van der Waals surface area contributed by atoms with Gasteiger partial charge in [-0.2, -0.15) is 5.26 Å². The largest absolute Gasteiger partial charge is 0.481 e. The minimum atomic E-state index is -0.718. The molecule has 0 aromatic heterocycles. The van der Waals surface area contributed by atoms with E-state index in [1.54, 1.807) is 0 Å². The van der Waals surface area contributed by atoms with Crippen LogP contribution in [-0.2, 0) is 4.79 Å². The van der Waals surface area contributed by atoms with Crippen LogP contribution in [-0.4, -0.2) is 24.2 Å². The van der Waals surface area contributed by atoms with Crippen LogP contribution in [0.3, 0.4) is 0 Å². The van der Waals surface area contributed by atoms with Gasteiger partial charge in [0.1, 0.15) is 6.07 Å².